The summed E-state index contributed by atoms with van der Waals surface area (Å²) in [5, 5.41) is 9.26. The predicted molar refractivity (Wildman–Crippen MR) is 64.4 cm³/mol. The second-order valence-corrected chi connectivity index (χ2v) is 4.39. The first kappa shape index (κ1) is 12.8. The highest BCUT2D eigenvalue weighted by molar-refractivity contribution is 5.95. The maximum absolute atomic E-state index is 13.7. The zero-order chi connectivity index (χ0) is 13.1. The van der Waals surface area contributed by atoms with E-state index in [9.17, 15) is 14.3 Å². The number of carbonyl (C=O) groups excluding carboxylic acids is 1. The summed E-state index contributed by atoms with van der Waals surface area (Å²) >= 11 is 0. The van der Waals surface area contributed by atoms with E-state index in [-0.39, 0.29) is 24.0 Å². The monoisotopic (exact) mass is 253 g/mol. The highest BCUT2D eigenvalue weighted by atomic mass is 19.1. The van der Waals surface area contributed by atoms with Crippen molar-refractivity contribution in [3.63, 3.8) is 0 Å². The smallest absolute Gasteiger partial charge is 0.257 e. The van der Waals surface area contributed by atoms with Crippen molar-refractivity contribution in [1.82, 2.24) is 9.88 Å². The molecule has 1 unspecified atom stereocenters. The van der Waals surface area contributed by atoms with Gasteiger partial charge in [-0.2, -0.15) is 0 Å². The fraction of sp³-hybridized carbons (Fsp3) is 0.500. The minimum absolute atomic E-state index is 0.0807. The molecule has 1 atom stereocenters. The molecule has 1 aromatic heterocycles. The number of aliphatic hydroxyl groups excluding tert-OH is 1. The van der Waals surface area contributed by atoms with E-state index in [1.54, 1.807) is 0 Å². The molecule has 3 N–H and O–H groups in total. The molecule has 1 fully saturated rings. The van der Waals surface area contributed by atoms with Gasteiger partial charge in [-0.1, -0.05) is 0 Å². The van der Waals surface area contributed by atoms with Crippen molar-refractivity contribution in [3.05, 3.63) is 23.6 Å². The van der Waals surface area contributed by atoms with Crippen molar-refractivity contribution in [1.29, 1.82) is 0 Å². The van der Waals surface area contributed by atoms with E-state index < -0.39 is 11.7 Å². The summed E-state index contributed by atoms with van der Waals surface area (Å²) in [6.07, 6.45) is 3.88. The van der Waals surface area contributed by atoms with Gasteiger partial charge < -0.3 is 15.7 Å². The number of aromatic nitrogens is 1. The van der Waals surface area contributed by atoms with Gasteiger partial charge in [-0.15, -0.1) is 0 Å². The first-order valence-electron chi connectivity index (χ1n) is 5.97. The number of carbonyl (C=O) groups is 1. The highest BCUT2D eigenvalue weighted by Crippen LogP contribution is 2.21. The first-order valence-corrected chi connectivity index (χ1v) is 5.97. The molecule has 1 aromatic rings. The van der Waals surface area contributed by atoms with E-state index in [1.165, 1.54) is 17.2 Å². The summed E-state index contributed by atoms with van der Waals surface area (Å²) in [6.45, 7) is 0.430. The van der Waals surface area contributed by atoms with Crippen LogP contribution in [0.1, 0.15) is 29.6 Å². The van der Waals surface area contributed by atoms with Gasteiger partial charge in [0.15, 0.2) is 11.6 Å². The summed E-state index contributed by atoms with van der Waals surface area (Å²) in [5.41, 5.74) is 5.27. The van der Waals surface area contributed by atoms with Crippen LogP contribution in [-0.4, -0.2) is 40.1 Å². The molecule has 1 saturated heterocycles. The third kappa shape index (κ3) is 2.28. The minimum Gasteiger partial charge on any atom is -0.394 e. The molecule has 0 bridgehead atoms. The van der Waals surface area contributed by atoms with Gasteiger partial charge in [-0.3, -0.25) is 4.79 Å². The van der Waals surface area contributed by atoms with E-state index in [2.05, 4.69) is 4.98 Å². The van der Waals surface area contributed by atoms with Crippen LogP contribution in [0.5, 0.6) is 0 Å². The van der Waals surface area contributed by atoms with Crippen molar-refractivity contribution in [2.24, 2.45) is 0 Å². The Kier molecular flexibility index (Phi) is 3.76. The Labute approximate surface area is 104 Å². The van der Waals surface area contributed by atoms with Crippen LogP contribution in [0.2, 0.25) is 0 Å². The van der Waals surface area contributed by atoms with Gasteiger partial charge in [0.25, 0.3) is 5.91 Å². The highest BCUT2D eigenvalue weighted by Gasteiger charge is 2.28. The van der Waals surface area contributed by atoms with Crippen molar-refractivity contribution in [2.75, 3.05) is 18.9 Å². The van der Waals surface area contributed by atoms with Crippen molar-refractivity contribution < 1.29 is 14.3 Å². The van der Waals surface area contributed by atoms with Crippen LogP contribution in [0, 0.1) is 5.82 Å². The van der Waals surface area contributed by atoms with Crippen LogP contribution in [0.15, 0.2) is 12.3 Å². The number of pyridine rings is 1. The quantitative estimate of drug-likeness (QED) is 0.816. The Morgan fingerprint density at radius 3 is 3.11 bits per heavy atom. The summed E-state index contributed by atoms with van der Waals surface area (Å²) < 4.78 is 13.7. The number of nitrogens with two attached hydrogens (primary N) is 1. The molecule has 0 saturated carbocycles. The number of hydrogen-bond donors (Lipinski definition) is 2. The van der Waals surface area contributed by atoms with Crippen molar-refractivity contribution >= 4 is 11.7 Å². The van der Waals surface area contributed by atoms with Gasteiger partial charge in [0.2, 0.25) is 0 Å². The van der Waals surface area contributed by atoms with Gasteiger partial charge in [-0.25, -0.2) is 9.37 Å². The maximum Gasteiger partial charge on any atom is 0.257 e. The second kappa shape index (κ2) is 5.30. The SMILES string of the molecule is Nc1nccc(C(=O)N2CCCCC2CO)c1F. The molecule has 0 spiro atoms. The average molecular weight is 253 g/mol. The molecule has 2 heterocycles. The Hall–Kier alpha value is -1.69. The van der Waals surface area contributed by atoms with E-state index in [0.717, 1.165) is 19.3 Å². The van der Waals surface area contributed by atoms with Gasteiger partial charge in [0, 0.05) is 12.7 Å². The standard InChI is InChI=1S/C12H16FN3O2/c13-10-9(4-5-15-11(10)14)12(18)16-6-2-1-3-8(16)7-17/h4-5,8,17H,1-3,6-7H2,(H2,14,15). The van der Waals surface area contributed by atoms with E-state index >= 15 is 0 Å². The molecule has 0 radical (unpaired) electrons. The summed E-state index contributed by atoms with van der Waals surface area (Å²) in [5.74, 6) is -1.50. The first-order chi connectivity index (χ1) is 8.65. The molecule has 0 aromatic carbocycles. The molecule has 1 aliphatic heterocycles. The van der Waals surface area contributed by atoms with Crippen LogP contribution in [0.4, 0.5) is 10.2 Å². The zero-order valence-corrected chi connectivity index (χ0v) is 9.97. The number of nitrogens with zero attached hydrogens (tertiary/aromatic N) is 2. The predicted octanol–water partition coefficient (Wildman–Crippen LogP) is 0.790. The number of hydrogen-bond acceptors (Lipinski definition) is 4. The third-order valence-electron chi connectivity index (χ3n) is 3.25. The van der Waals surface area contributed by atoms with Gasteiger partial charge in [-0.05, 0) is 25.3 Å². The summed E-state index contributed by atoms with van der Waals surface area (Å²) in [6, 6.07) is 1.08. The lowest BCUT2D eigenvalue weighted by Gasteiger charge is -2.34. The lowest BCUT2D eigenvalue weighted by Crippen LogP contribution is -2.45. The largest absolute Gasteiger partial charge is 0.394 e. The number of piperidine rings is 1. The van der Waals surface area contributed by atoms with Crippen LogP contribution < -0.4 is 5.73 Å². The van der Waals surface area contributed by atoms with E-state index in [4.69, 9.17) is 5.73 Å². The fourth-order valence-electron chi connectivity index (χ4n) is 2.24. The maximum atomic E-state index is 13.7. The molecule has 98 valence electrons. The molecule has 1 amide bonds. The number of halogens is 1. The lowest BCUT2D eigenvalue weighted by atomic mass is 10.0. The number of rotatable bonds is 2. The Morgan fingerprint density at radius 2 is 2.39 bits per heavy atom. The molecule has 5 nitrogen and oxygen atoms in total. The van der Waals surface area contributed by atoms with Gasteiger partial charge in [0.1, 0.15) is 0 Å². The Balaban J connectivity index is 2.27. The molecular formula is C12H16FN3O2. The van der Waals surface area contributed by atoms with Gasteiger partial charge >= 0.3 is 0 Å². The molecular weight excluding hydrogens is 237 g/mol. The number of likely N-dealkylation sites (tertiary alicyclic amines) is 1. The average Bonchev–Trinajstić information content (AvgIpc) is 2.41. The van der Waals surface area contributed by atoms with Crippen LogP contribution >= 0.6 is 0 Å². The minimum atomic E-state index is -0.787. The topological polar surface area (TPSA) is 79.5 Å². The van der Waals surface area contributed by atoms with Crippen LogP contribution in [-0.2, 0) is 0 Å². The molecule has 1 aliphatic rings. The van der Waals surface area contributed by atoms with Crippen LogP contribution in [0.3, 0.4) is 0 Å². The van der Waals surface area contributed by atoms with Crippen molar-refractivity contribution in [2.45, 2.75) is 25.3 Å². The van der Waals surface area contributed by atoms with E-state index in [0.29, 0.717) is 6.54 Å². The number of nitrogen functional groups attached to an aromatic ring is 1. The number of amides is 1. The second-order valence-electron chi connectivity index (χ2n) is 4.39. The molecule has 2 rings (SSSR count). The van der Waals surface area contributed by atoms with Crippen LogP contribution in [0.25, 0.3) is 0 Å². The zero-order valence-electron chi connectivity index (χ0n) is 9.97. The number of aliphatic hydroxyl groups is 1. The fourth-order valence-corrected chi connectivity index (χ4v) is 2.24. The Morgan fingerprint density at radius 1 is 1.61 bits per heavy atom. The Bertz CT molecular complexity index is 453. The molecule has 18 heavy (non-hydrogen) atoms. The van der Waals surface area contributed by atoms with Gasteiger partial charge in [0.05, 0.1) is 18.2 Å². The summed E-state index contributed by atoms with van der Waals surface area (Å²) in [4.78, 5) is 17.3. The molecule has 6 heteroatoms. The molecule has 0 aliphatic carbocycles. The normalized spacial score (nSPS) is 19.9. The van der Waals surface area contributed by atoms with Crippen molar-refractivity contribution in [3.8, 4) is 0 Å². The lowest BCUT2D eigenvalue weighted by molar-refractivity contribution is 0.0498. The third-order valence-corrected chi connectivity index (χ3v) is 3.25. The number of anilines is 1. The summed E-state index contributed by atoms with van der Waals surface area (Å²) in [7, 11) is 0. The van der Waals surface area contributed by atoms with E-state index in [1.807, 2.05) is 0 Å².